The van der Waals surface area contributed by atoms with Crippen LogP contribution >= 0.6 is 0 Å². The summed E-state index contributed by atoms with van der Waals surface area (Å²) in [4.78, 5) is 9.25. The molecule has 0 unspecified atom stereocenters. The molecule has 0 fully saturated rings. The number of benzene rings is 4. The van der Waals surface area contributed by atoms with Crippen LogP contribution in [0, 0.1) is 10.1 Å². The number of hydrogen-bond acceptors (Lipinski definition) is 9. The first-order valence-electron chi connectivity index (χ1n) is 9.36. The number of phenols is 2. The van der Waals surface area contributed by atoms with Crippen molar-refractivity contribution in [3.8, 4) is 11.5 Å². The number of aromatic hydroxyl groups is 2. The summed E-state index contributed by atoms with van der Waals surface area (Å²) >= 11 is 0. The molecular weight excluding hydrogens is 506 g/mol. The minimum atomic E-state index is -4.64. The Bertz CT molecular complexity index is 1730. The number of hydrogen-bond donors (Lipinski definition) is 5. The molecule has 0 saturated heterocycles. The Morgan fingerprint density at radius 2 is 1.57 bits per heavy atom. The number of azo groups is 1. The zero-order valence-corrected chi connectivity index (χ0v) is 18.8. The van der Waals surface area contributed by atoms with Crippen molar-refractivity contribution in [2.24, 2.45) is 10.2 Å². The fourth-order valence-corrected chi connectivity index (χ4v) is 4.93. The summed E-state index contributed by atoms with van der Waals surface area (Å²) in [5.74, 6) is -1.20. The first kappa shape index (κ1) is 24.1. The predicted molar refractivity (Wildman–Crippen MR) is 123 cm³/mol. The van der Waals surface area contributed by atoms with Crippen molar-refractivity contribution < 1.29 is 41.4 Å². The second-order valence-corrected chi connectivity index (χ2v) is 10.0. The SMILES string of the molecule is O=[N+]([O-])c1ccc2c(N=Nc3ccc4c(S(=O)(=O)O)cccc4c3O)c(O)cc([S+](=O)(O)O)c2c1. The molecule has 15 heteroatoms. The highest BCUT2D eigenvalue weighted by Gasteiger charge is 2.32. The summed E-state index contributed by atoms with van der Waals surface area (Å²) in [5.41, 5.74) is -0.928. The summed E-state index contributed by atoms with van der Waals surface area (Å²) in [5, 5.41) is 39.5. The number of phenolic OH excluding ortho intramolecular Hbond substituents is 2. The van der Waals surface area contributed by atoms with Crippen LogP contribution in [0.1, 0.15) is 0 Å². The molecule has 0 aliphatic heterocycles. The van der Waals surface area contributed by atoms with Crippen molar-refractivity contribution in [3.05, 3.63) is 64.7 Å². The molecule has 0 radical (unpaired) electrons. The van der Waals surface area contributed by atoms with E-state index in [9.17, 15) is 46.6 Å². The van der Waals surface area contributed by atoms with Crippen LogP contribution < -0.4 is 0 Å². The van der Waals surface area contributed by atoms with Crippen LogP contribution in [-0.4, -0.2) is 37.2 Å². The van der Waals surface area contributed by atoms with Gasteiger partial charge in [-0.1, -0.05) is 18.2 Å². The Morgan fingerprint density at radius 1 is 0.886 bits per heavy atom. The van der Waals surface area contributed by atoms with Gasteiger partial charge in [-0.3, -0.25) is 14.7 Å². The van der Waals surface area contributed by atoms with E-state index >= 15 is 0 Å². The molecule has 0 saturated carbocycles. The van der Waals surface area contributed by atoms with Gasteiger partial charge in [0.15, 0.2) is 5.75 Å². The quantitative estimate of drug-likeness (QED) is 0.0796. The number of non-ortho nitro benzene ring substituents is 1. The fourth-order valence-electron chi connectivity index (χ4n) is 3.50. The summed E-state index contributed by atoms with van der Waals surface area (Å²) < 4.78 is 63.7. The number of rotatable bonds is 5. The van der Waals surface area contributed by atoms with Gasteiger partial charge in [-0.15, -0.1) is 10.2 Å². The molecule has 0 aromatic heterocycles. The standard InChI is InChI=1S/C20H13N3O10S2/c24-16-9-18(35(31,32)33)14-8-10(23(26)27)4-5-12(14)19(16)22-21-15-7-6-11-13(20(15)25)2-1-3-17(11)34(28,29)30/h1-9H,(H4-,21,22,24,25,28,29,30,31,32,33)/p+1. The first-order valence-corrected chi connectivity index (χ1v) is 12.3. The van der Waals surface area contributed by atoms with Crippen molar-refractivity contribution in [1.82, 2.24) is 0 Å². The van der Waals surface area contributed by atoms with Crippen LogP contribution in [0.5, 0.6) is 11.5 Å². The lowest BCUT2D eigenvalue weighted by Crippen LogP contribution is -2.08. The van der Waals surface area contributed by atoms with E-state index in [0.717, 1.165) is 24.3 Å². The molecule has 5 N–H and O–H groups in total. The summed E-state index contributed by atoms with van der Waals surface area (Å²) in [6.45, 7) is 0. The van der Waals surface area contributed by atoms with Crippen molar-refractivity contribution in [1.29, 1.82) is 0 Å². The lowest BCUT2D eigenvalue weighted by atomic mass is 10.1. The largest absolute Gasteiger partial charge is 0.505 e. The molecule has 180 valence electrons. The Morgan fingerprint density at radius 3 is 2.20 bits per heavy atom. The Kier molecular flexibility index (Phi) is 5.74. The van der Waals surface area contributed by atoms with Crippen LogP contribution in [0.3, 0.4) is 0 Å². The number of fused-ring (bicyclic) bond motifs is 2. The van der Waals surface area contributed by atoms with E-state index in [2.05, 4.69) is 10.2 Å². The van der Waals surface area contributed by atoms with Crippen molar-refractivity contribution in [2.45, 2.75) is 9.79 Å². The van der Waals surface area contributed by atoms with Gasteiger partial charge in [-0.05, 0) is 22.4 Å². The lowest BCUT2D eigenvalue weighted by molar-refractivity contribution is -0.384. The van der Waals surface area contributed by atoms with E-state index in [0.29, 0.717) is 6.07 Å². The zero-order valence-electron chi connectivity index (χ0n) is 17.1. The van der Waals surface area contributed by atoms with Gasteiger partial charge in [0.1, 0.15) is 22.0 Å². The molecule has 0 spiro atoms. The summed E-state index contributed by atoms with van der Waals surface area (Å²) in [6.07, 6.45) is 0. The summed E-state index contributed by atoms with van der Waals surface area (Å²) in [6, 6.07) is 10.1. The zero-order chi connectivity index (χ0) is 25.7. The molecule has 0 aliphatic rings. The molecule has 0 heterocycles. The Balaban J connectivity index is 1.92. The van der Waals surface area contributed by atoms with E-state index in [1.165, 1.54) is 24.3 Å². The van der Waals surface area contributed by atoms with Gasteiger partial charge in [0.2, 0.25) is 4.90 Å². The smallest absolute Gasteiger partial charge is 0.387 e. The molecule has 4 aromatic rings. The van der Waals surface area contributed by atoms with Gasteiger partial charge in [0.05, 0.1) is 10.3 Å². The molecule has 35 heavy (non-hydrogen) atoms. The Hall–Kier alpha value is -4.02. The Labute approximate surface area is 197 Å². The molecule has 0 atom stereocenters. The van der Waals surface area contributed by atoms with E-state index in [1.54, 1.807) is 0 Å². The maximum atomic E-state index is 11.9. The van der Waals surface area contributed by atoms with Crippen molar-refractivity contribution in [2.75, 3.05) is 0 Å². The third kappa shape index (κ3) is 4.41. The van der Waals surface area contributed by atoms with E-state index in [4.69, 9.17) is 0 Å². The minimum Gasteiger partial charge on any atom is -0.505 e. The van der Waals surface area contributed by atoms with Gasteiger partial charge in [-0.25, -0.2) is 0 Å². The van der Waals surface area contributed by atoms with E-state index < -0.39 is 52.5 Å². The predicted octanol–water partition coefficient (Wildman–Crippen LogP) is 4.78. The number of nitrogens with zero attached hydrogens (tertiary/aromatic N) is 3. The number of nitro groups is 1. The van der Waals surface area contributed by atoms with Gasteiger partial charge >= 0.3 is 10.5 Å². The van der Waals surface area contributed by atoms with Crippen molar-refractivity contribution in [3.63, 3.8) is 0 Å². The highest BCUT2D eigenvalue weighted by molar-refractivity contribution is 7.92. The maximum Gasteiger partial charge on any atom is 0.387 e. The lowest BCUT2D eigenvalue weighted by Gasteiger charge is -2.08. The van der Waals surface area contributed by atoms with Gasteiger partial charge in [0, 0.05) is 34.4 Å². The minimum absolute atomic E-state index is 0.0112. The third-order valence-corrected chi connectivity index (χ3v) is 6.86. The molecular formula is C20H14N3O10S2+. The van der Waals surface area contributed by atoms with E-state index in [1.807, 2.05) is 0 Å². The average molecular weight is 520 g/mol. The first-order chi connectivity index (χ1) is 16.3. The molecule has 0 amide bonds. The average Bonchev–Trinajstić information content (AvgIpc) is 2.77. The van der Waals surface area contributed by atoms with Crippen LogP contribution in [0.25, 0.3) is 21.5 Å². The molecule has 0 bridgehead atoms. The van der Waals surface area contributed by atoms with Crippen LogP contribution in [0.4, 0.5) is 17.1 Å². The van der Waals surface area contributed by atoms with Crippen LogP contribution in [0.15, 0.2) is 74.6 Å². The van der Waals surface area contributed by atoms with Crippen LogP contribution in [-0.2, 0) is 24.8 Å². The summed E-state index contributed by atoms with van der Waals surface area (Å²) in [7, 11) is -9.22. The van der Waals surface area contributed by atoms with Crippen molar-refractivity contribution >= 4 is 59.2 Å². The van der Waals surface area contributed by atoms with Crippen LogP contribution in [0.2, 0.25) is 0 Å². The third-order valence-electron chi connectivity index (χ3n) is 5.04. The molecule has 4 rings (SSSR count). The van der Waals surface area contributed by atoms with Gasteiger partial charge < -0.3 is 10.2 Å². The highest BCUT2D eigenvalue weighted by Crippen LogP contribution is 2.43. The second-order valence-electron chi connectivity index (χ2n) is 7.19. The van der Waals surface area contributed by atoms with Gasteiger partial charge in [0.25, 0.3) is 15.8 Å². The normalized spacial score (nSPS) is 12.5. The molecule has 4 aromatic carbocycles. The van der Waals surface area contributed by atoms with Gasteiger partial charge in [-0.2, -0.15) is 17.5 Å². The maximum absolute atomic E-state index is 11.9. The molecule has 0 aliphatic carbocycles. The monoisotopic (exact) mass is 520 g/mol. The number of nitro benzene ring substituents is 1. The topological polar surface area (TPSA) is 220 Å². The molecule has 13 nitrogen and oxygen atoms in total. The fraction of sp³-hybridized carbons (Fsp3) is 0. The second kappa shape index (κ2) is 8.33. The highest BCUT2D eigenvalue weighted by atomic mass is 32.3. The van der Waals surface area contributed by atoms with E-state index in [-0.39, 0.29) is 32.9 Å².